The van der Waals surface area contributed by atoms with E-state index in [-0.39, 0.29) is 0 Å². The Hall–Kier alpha value is -1.84. The molecule has 0 aliphatic carbocycles. The van der Waals surface area contributed by atoms with E-state index in [0.717, 1.165) is 25.1 Å². The molecule has 0 bridgehead atoms. The minimum absolute atomic E-state index is 0.418. The van der Waals surface area contributed by atoms with E-state index in [4.69, 9.17) is 11.1 Å². The lowest BCUT2D eigenvalue weighted by atomic mass is 10.2. The van der Waals surface area contributed by atoms with Crippen molar-refractivity contribution in [2.75, 3.05) is 11.4 Å². The van der Waals surface area contributed by atoms with Crippen molar-refractivity contribution in [3.8, 4) is 0 Å². The number of primary amides is 1. The quantitative estimate of drug-likeness (QED) is 0.762. The Morgan fingerprint density at radius 2 is 2.00 bits per heavy atom. The van der Waals surface area contributed by atoms with Gasteiger partial charge in [0.1, 0.15) is 5.84 Å². The molecule has 3 N–H and O–H groups in total. The summed E-state index contributed by atoms with van der Waals surface area (Å²) in [5.74, 6) is 0.222. The van der Waals surface area contributed by atoms with Gasteiger partial charge in [0.2, 0.25) is 5.91 Å². The molecular formula is C11H13N3O. The second-order valence-electron chi connectivity index (χ2n) is 3.61. The number of hydrogen-bond acceptors (Lipinski definition) is 2. The van der Waals surface area contributed by atoms with E-state index in [1.165, 1.54) is 0 Å². The molecule has 1 fully saturated rings. The van der Waals surface area contributed by atoms with Crippen LogP contribution in [0.15, 0.2) is 24.3 Å². The van der Waals surface area contributed by atoms with Crippen molar-refractivity contribution in [2.24, 2.45) is 5.73 Å². The number of nitrogens with zero attached hydrogens (tertiary/aromatic N) is 1. The Balaban J connectivity index is 2.23. The van der Waals surface area contributed by atoms with Crippen LogP contribution in [0.4, 0.5) is 5.69 Å². The summed E-state index contributed by atoms with van der Waals surface area (Å²) < 4.78 is 0. The standard InChI is InChI=1S/C11H13N3O/c12-10-2-1-7-14(10)9-5-3-8(4-6-9)11(13)15/h3-6,12H,1-2,7H2,(H2,13,15). The summed E-state index contributed by atoms with van der Waals surface area (Å²) in [6.45, 7) is 0.884. The van der Waals surface area contributed by atoms with Crippen LogP contribution < -0.4 is 10.6 Å². The van der Waals surface area contributed by atoms with Gasteiger partial charge in [0.25, 0.3) is 0 Å². The lowest BCUT2D eigenvalue weighted by Gasteiger charge is -2.17. The summed E-state index contributed by atoms with van der Waals surface area (Å²) in [6, 6.07) is 7.06. The molecule has 4 nitrogen and oxygen atoms in total. The van der Waals surface area contributed by atoms with Crippen molar-refractivity contribution in [3.63, 3.8) is 0 Å². The van der Waals surface area contributed by atoms with Crippen molar-refractivity contribution in [2.45, 2.75) is 12.8 Å². The van der Waals surface area contributed by atoms with Gasteiger partial charge in [0.15, 0.2) is 0 Å². The first-order valence-electron chi connectivity index (χ1n) is 4.93. The van der Waals surface area contributed by atoms with Gasteiger partial charge in [-0.25, -0.2) is 0 Å². The first-order valence-corrected chi connectivity index (χ1v) is 4.93. The summed E-state index contributed by atoms with van der Waals surface area (Å²) in [5, 5.41) is 7.72. The van der Waals surface area contributed by atoms with Gasteiger partial charge in [0.05, 0.1) is 0 Å². The van der Waals surface area contributed by atoms with Crippen LogP contribution in [-0.2, 0) is 0 Å². The number of nitrogens with one attached hydrogen (secondary N) is 1. The lowest BCUT2D eigenvalue weighted by molar-refractivity contribution is 0.100. The van der Waals surface area contributed by atoms with Gasteiger partial charge >= 0.3 is 0 Å². The highest BCUT2D eigenvalue weighted by Crippen LogP contribution is 2.21. The van der Waals surface area contributed by atoms with Crippen molar-refractivity contribution in [1.82, 2.24) is 0 Å². The van der Waals surface area contributed by atoms with E-state index in [1.807, 2.05) is 17.0 Å². The first kappa shape index (κ1) is 9.71. The molecule has 0 unspecified atom stereocenters. The second kappa shape index (κ2) is 3.73. The smallest absolute Gasteiger partial charge is 0.248 e. The van der Waals surface area contributed by atoms with Crippen molar-refractivity contribution in [1.29, 1.82) is 5.41 Å². The van der Waals surface area contributed by atoms with Crippen LogP contribution in [0.1, 0.15) is 23.2 Å². The van der Waals surface area contributed by atoms with Gasteiger partial charge in [-0.1, -0.05) is 0 Å². The molecule has 2 rings (SSSR count). The third kappa shape index (κ3) is 1.83. The van der Waals surface area contributed by atoms with E-state index in [2.05, 4.69) is 0 Å². The van der Waals surface area contributed by atoms with E-state index in [0.29, 0.717) is 11.4 Å². The zero-order chi connectivity index (χ0) is 10.8. The average molecular weight is 203 g/mol. The minimum Gasteiger partial charge on any atom is -0.366 e. The zero-order valence-corrected chi connectivity index (χ0v) is 8.36. The molecule has 0 aromatic heterocycles. The fraction of sp³-hybridized carbons (Fsp3) is 0.273. The number of amidine groups is 1. The Bertz CT molecular complexity index is 397. The Kier molecular flexibility index (Phi) is 2.41. The highest BCUT2D eigenvalue weighted by Gasteiger charge is 2.18. The fourth-order valence-electron chi connectivity index (χ4n) is 1.77. The van der Waals surface area contributed by atoms with Gasteiger partial charge < -0.3 is 10.6 Å². The van der Waals surface area contributed by atoms with E-state index in [9.17, 15) is 4.79 Å². The molecule has 1 aromatic rings. The summed E-state index contributed by atoms with van der Waals surface area (Å²) in [7, 11) is 0. The molecule has 1 amide bonds. The predicted molar refractivity (Wildman–Crippen MR) is 59.3 cm³/mol. The molecule has 1 aliphatic heterocycles. The summed E-state index contributed by atoms with van der Waals surface area (Å²) in [5.41, 5.74) is 6.61. The largest absolute Gasteiger partial charge is 0.366 e. The van der Waals surface area contributed by atoms with Crippen LogP contribution in [0, 0.1) is 5.41 Å². The number of nitrogens with two attached hydrogens (primary N) is 1. The zero-order valence-electron chi connectivity index (χ0n) is 8.36. The molecule has 4 heteroatoms. The SMILES string of the molecule is N=C1CCCN1c1ccc(C(N)=O)cc1. The molecule has 0 radical (unpaired) electrons. The monoisotopic (exact) mass is 203 g/mol. The third-order valence-corrected chi connectivity index (χ3v) is 2.58. The topological polar surface area (TPSA) is 70.2 Å². The number of carbonyl (C=O) groups excluding carboxylic acids is 1. The molecule has 0 spiro atoms. The van der Waals surface area contributed by atoms with Crippen LogP contribution in [0.2, 0.25) is 0 Å². The van der Waals surface area contributed by atoms with Crippen molar-refractivity contribution in [3.05, 3.63) is 29.8 Å². The van der Waals surface area contributed by atoms with Gasteiger partial charge in [0, 0.05) is 24.2 Å². The predicted octanol–water partition coefficient (Wildman–Crippen LogP) is 1.36. The molecule has 15 heavy (non-hydrogen) atoms. The van der Waals surface area contributed by atoms with Crippen molar-refractivity contribution >= 4 is 17.4 Å². The first-order chi connectivity index (χ1) is 7.18. The van der Waals surface area contributed by atoms with E-state index < -0.39 is 5.91 Å². The maximum Gasteiger partial charge on any atom is 0.248 e. The number of amides is 1. The molecule has 1 saturated heterocycles. The summed E-state index contributed by atoms with van der Waals surface area (Å²) in [4.78, 5) is 12.8. The molecule has 0 saturated carbocycles. The maximum absolute atomic E-state index is 10.9. The number of rotatable bonds is 2. The van der Waals surface area contributed by atoms with Crippen LogP contribution in [0.3, 0.4) is 0 Å². The molecule has 0 atom stereocenters. The Morgan fingerprint density at radius 3 is 2.47 bits per heavy atom. The Labute approximate surface area is 88.2 Å². The third-order valence-electron chi connectivity index (χ3n) is 2.58. The second-order valence-corrected chi connectivity index (χ2v) is 3.61. The van der Waals surface area contributed by atoms with E-state index in [1.54, 1.807) is 12.1 Å². The molecule has 78 valence electrons. The van der Waals surface area contributed by atoms with Gasteiger partial charge in [-0.2, -0.15) is 0 Å². The highest BCUT2D eigenvalue weighted by molar-refractivity contribution is 5.98. The number of benzene rings is 1. The number of anilines is 1. The maximum atomic E-state index is 10.9. The number of hydrogen-bond donors (Lipinski definition) is 2. The lowest BCUT2D eigenvalue weighted by Crippen LogP contribution is -2.23. The van der Waals surface area contributed by atoms with Gasteiger partial charge in [-0.15, -0.1) is 0 Å². The number of carbonyl (C=O) groups is 1. The molecule has 1 aliphatic rings. The van der Waals surface area contributed by atoms with Gasteiger partial charge in [-0.3, -0.25) is 10.2 Å². The molecular weight excluding hydrogens is 190 g/mol. The van der Waals surface area contributed by atoms with Crippen LogP contribution in [0.5, 0.6) is 0 Å². The highest BCUT2D eigenvalue weighted by atomic mass is 16.1. The molecule has 1 aromatic carbocycles. The Morgan fingerprint density at radius 1 is 1.33 bits per heavy atom. The minimum atomic E-state index is -0.418. The van der Waals surface area contributed by atoms with Crippen LogP contribution in [0.25, 0.3) is 0 Å². The summed E-state index contributed by atoms with van der Waals surface area (Å²) >= 11 is 0. The molecule has 1 heterocycles. The van der Waals surface area contributed by atoms with E-state index >= 15 is 0 Å². The van der Waals surface area contributed by atoms with Crippen molar-refractivity contribution < 1.29 is 4.79 Å². The fourth-order valence-corrected chi connectivity index (χ4v) is 1.77. The normalized spacial score (nSPS) is 15.7. The van der Waals surface area contributed by atoms with Crippen LogP contribution in [-0.4, -0.2) is 18.3 Å². The average Bonchev–Trinajstić information content (AvgIpc) is 2.65. The summed E-state index contributed by atoms with van der Waals surface area (Å²) in [6.07, 6.45) is 1.86. The van der Waals surface area contributed by atoms with Gasteiger partial charge in [-0.05, 0) is 30.7 Å². The van der Waals surface area contributed by atoms with Crippen LogP contribution >= 0.6 is 0 Å².